The zero-order valence-electron chi connectivity index (χ0n) is 15.2. The van der Waals surface area contributed by atoms with Crippen molar-refractivity contribution in [3.8, 4) is 5.75 Å². The minimum Gasteiger partial charge on any atom is -0.490 e. The number of esters is 2. The Morgan fingerprint density at radius 1 is 1.22 bits per heavy atom. The fraction of sp³-hybridized carbons (Fsp3) is 0.556. The third-order valence-corrected chi connectivity index (χ3v) is 5.27. The van der Waals surface area contributed by atoms with Crippen molar-refractivity contribution in [2.75, 3.05) is 40.6 Å². The fourth-order valence-electron chi connectivity index (χ4n) is 3.36. The molecule has 2 aliphatic heterocycles. The molecule has 0 bridgehead atoms. The van der Waals surface area contributed by atoms with Gasteiger partial charge in [0.05, 0.1) is 37.5 Å². The minimum absolute atomic E-state index is 0.0256. The number of carbonyl (C=O) groups is 2. The summed E-state index contributed by atoms with van der Waals surface area (Å²) >= 11 is 3.38. The number of halogens is 1. The molecule has 2 heterocycles. The van der Waals surface area contributed by atoms with Gasteiger partial charge in [-0.1, -0.05) is 0 Å². The van der Waals surface area contributed by atoms with E-state index >= 15 is 0 Å². The first-order valence-electron chi connectivity index (χ1n) is 8.63. The highest BCUT2D eigenvalue weighted by Crippen LogP contribution is 2.35. The number of hydrogen-bond acceptors (Lipinski definition) is 8. The summed E-state index contributed by atoms with van der Waals surface area (Å²) in [6.07, 6.45) is 1.41. The van der Waals surface area contributed by atoms with Gasteiger partial charge in [0.2, 0.25) is 0 Å². The fourth-order valence-corrected chi connectivity index (χ4v) is 3.81. The van der Waals surface area contributed by atoms with E-state index in [0.717, 1.165) is 13.0 Å². The molecule has 1 atom stereocenters. The highest BCUT2D eigenvalue weighted by Gasteiger charge is 2.41. The molecule has 3 rings (SSSR count). The van der Waals surface area contributed by atoms with Crippen LogP contribution in [0.1, 0.15) is 33.6 Å². The standard InChI is InChI=1S/C18H22BrNO7/c1-23-16(21)12-3-4-13(19)15(14(12)17(22)24-2)25-10-11-9-18(5-6-20-11)26-7-8-27-18/h3-4,11,20H,5-10H2,1-2H3/t11-/m0/s1. The van der Waals surface area contributed by atoms with Crippen molar-refractivity contribution in [3.63, 3.8) is 0 Å². The van der Waals surface area contributed by atoms with E-state index in [1.54, 1.807) is 6.07 Å². The number of methoxy groups -OCH3 is 2. The van der Waals surface area contributed by atoms with Crippen LogP contribution in [-0.2, 0) is 18.9 Å². The Labute approximate surface area is 165 Å². The molecule has 0 aromatic heterocycles. The largest absolute Gasteiger partial charge is 0.490 e. The summed E-state index contributed by atoms with van der Waals surface area (Å²) in [6, 6.07) is 3.09. The Morgan fingerprint density at radius 3 is 2.59 bits per heavy atom. The monoisotopic (exact) mass is 443 g/mol. The van der Waals surface area contributed by atoms with Crippen LogP contribution in [0.4, 0.5) is 0 Å². The summed E-state index contributed by atoms with van der Waals surface area (Å²) in [5.74, 6) is -1.65. The van der Waals surface area contributed by atoms with E-state index in [1.165, 1.54) is 20.3 Å². The van der Waals surface area contributed by atoms with Gasteiger partial charge in [-0.05, 0) is 28.1 Å². The van der Waals surface area contributed by atoms with Gasteiger partial charge in [0.15, 0.2) is 5.79 Å². The van der Waals surface area contributed by atoms with Gasteiger partial charge in [0.1, 0.15) is 17.9 Å². The molecule has 2 fully saturated rings. The number of benzene rings is 1. The van der Waals surface area contributed by atoms with Gasteiger partial charge in [0, 0.05) is 25.4 Å². The van der Waals surface area contributed by atoms with Crippen molar-refractivity contribution >= 4 is 27.9 Å². The lowest BCUT2D eigenvalue weighted by atomic mass is 9.98. The maximum atomic E-state index is 12.3. The lowest BCUT2D eigenvalue weighted by Gasteiger charge is -2.36. The van der Waals surface area contributed by atoms with Gasteiger partial charge in [-0.3, -0.25) is 0 Å². The molecule has 0 unspecified atom stereocenters. The van der Waals surface area contributed by atoms with Gasteiger partial charge in [0.25, 0.3) is 0 Å². The van der Waals surface area contributed by atoms with E-state index in [0.29, 0.717) is 24.1 Å². The maximum absolute atomic E-state index is 12.3. The molecular weight excluding hydrogens is 422 g/mol. The number of ether oxygens (including phenoxy) is 5. The zero-order chi connectivity index (χ0) is 19.4. The van der Waals surface area contributed by atoms with E-state index in [9.17, 15) is 9.59 Å². The molecule has 148 valence electrons. The quantitative estimate of drug-likeness (QED) is 0.689. The highest BCUT2D eigenvalue weighted by molar-refractivity contribution is 9.10. The lowest BCUT2D eigenvalue weighted by Crippen LogP contribution is -2.51. The second-order valence-corrected chi connectivity index (χ2v) is 7.16. The van der Waals surface area contributed by atoms with Crippen molar-refractivity contribution in [2.24, 2.45) is 0 Å². The third-order valence-electron chi connectivity index (χ3n) is 4.64. The van der Waals surface area contributed by atoms with Gasteiger partial charge < -0.3 is 29.0 Å². The van der Waals surface area contributed by atoms with Crippen LogP contribution in [0.3, 0.4) is 0 Å². The highest BCUT2D eigenvalue weighted by atomic mass is 79.9. The second-order valence-electron chi connectivity index (χ2n) is 6.31. The van der Waals surface area contributed by atoms with Crippen molar-refractivity contribution in [2.45, 2.75) is 24.7 Å². The number of carbonyl (C=O) groups excluding carboxylic acids is 2. The van der Waals surface area contributed by atoms with Crippen LogP contribution in [0.2, 0.25) is 0 Å². The van der Waals surface area contributed by atoms with Crippen molar-refractivity contribution in [1.82, 2.24) is 5.32 Å². The molecular formula is C18H22BrNO7. The van der Waals surface area contributed by atoms with Crippen LogP contribution in [0.5, 0.6) is 5.75 Å². The first kappa shape index (κ1) is 20.1. The molecule has 8 nitrogen and oxygen atoms in total. The molecule has 1 aromatic carbocycles. The normalized spacial score (nSPS) is 21.1. The average molecular weight is 444 g/mol. The maximum Gasteiger partial charge on any atom is 0.342 e. The number of rotatable bonds is 5. The number of piperidine rings is 1. The van der Waals surface area contributed by atoms with E-state index in [-0.39, 0.29) is 29.5 Å². The molecule has 1 aromatic rings. The molecule has 1 spiro atoms. The molecule has 0 saturated carbocycles. The van der Waals surface area contributed by atoms with Gasteiger partial charge in [-0.2, -0.15) is 0 Å². The third kappa shape index (κ3) is 4.26. The molecule has 9 heteroatoms. The molecule has 2 aliphatic rings. The minimum atomic E-state index is -0.678. The number of hydrogen-bond donors (Lipinski definition) is 1. The molecule has 0 amide bonds. The predicted molar refractivity (Wildman–Crippen MR) is 98.0 cm³/mol. The van der Waals surface area contributed by atoms with Crippen molar-refractivity contribution in [3.05, 3.63) is 27.7 Å². The zero-order valence-corrected chi connectivity index (χ0v) is 16.8. The van der Waals surface area contributed by atoms with Crippen molar-refractivity contribution < 1.29 is 33.3 Å². The van der Waals surface area contributed by atoms with Crippen LogP contribution >= 0.6 is 15.9 Å². The smallest absolute Gasteiger partial charge is 0.342 e. The summed E-state index contributed by atoms with van der Waals surface area (Å²) < 4.78 is 27.6. The molecule has 1 N–H and O–H groups in total. The summed E-state index contributed by atoms with van der Waals surface area (Å²) in [5, 5.41) is 3.36. The van der Waals surface area contributed by atoms with Crippen LogP contribution in [0.25, 0.3) is 0 Å². The van der Waals surface area contributed by atoms with E-state index in [4.69, 9.17) is 23.7 Å². The van der Waals surface area contributed by atoms with Crippen LogP contribution in [0, 0.1) is 0 Å². The van der Waals surface area contributed by atoms with E-state index in [1.807, 2.05) is 0 Å². The Morgan fingerprint density at radius 2 is 1.93 bits per heavy atom. The molecule has 27 heavy (non-hydrogen) atoms. The van der Waals surface area contributed by atoms with Gasteiger partial charge >= 0.3 is 11.9 Å². The summed E-state index contributed by atoms with van der Waals surface area (Å²) in [7, 11) is 2.49. The predicted octanol–water partition coefficient (Wildman–Crippen LogP) is 1.90. The topological polar surface area (TPSA) is 92.3 Å². The SMILES string of the molecule is COC(=O)c1ccc(Br)c(OC[C@@H]2CC3(CCN2)OCCO3)c1C(=O)OC. The lowest BCUT2D eigenvalue weighted by molar-refractivity contribution is -0.181. The van der Waals surface area contributed by atoms with Crippen LogP contribution in [0.15, 0.2) is 16.6 Å². The first-order chi connectivity index (χ1) is 13.0. The van der Waals surface area contributed by atoms with E-state index in [2.05, 4.69) is 21.2 Å². The van der Waals surface area contributed by atoms with Gasteiger partial charge in [-0.15, -0.1) is 0 Å². The molecule has 2 saturated heterocycles. The van der Waals surface area contributed by atoms with Crippen LogP contribution < -0.4 is 10.1 Å². The second kappa shape index (κ2) is 8.55. The summed E-state index contributed by atoms with van der Waals surface area (Å²) in [5.41, 5.74) is 0.107. The Balaban J connectivity index is 1.81. The molecule has 0 aliphatic carbocycles. The Hall–Kier alpha value is -1.68. The van der Waals surface area contributed by atoms with Gasteiger partial charge in [-0.25, -0.2) is 9.59 Å². The van der Waals surface area contributed by atoms with Crippen LogP contribution in [-0.4, -0.2) is 64.4 Å². The Kier molecular flexibility index (Phi) is 6.36. The van der Waals surface area contributed by atoms with E-state index < -0.39 is 17.7 Å². The molecule has 0 radical (unpaired) electrons. The Bertz CT molecular complexity index is 718. The summed E-state index contributed by atoms with van der Waals surface area (Å²) in [4.78, 5) is 24.3. The van der Waals surface area contributed by atoms with Crippen molar-refractivity contribution in [1.29, 1.82) is 0 Å². The average Bonchev–Trinajstić information content (AvgIpc) is 3.12. The summed E-state index contributed by atoms with van der Waals surface area (Å²) in [6.45, 7) is 2.18. The number of nitrogens with one attached hydrogen (secondary N) is 1. The first-order valence-corrected chi connectivity index (χ1v) is 9.42.